The summed E-state index contributed by atoms with van der Waals surface area (Å²) >= 11 is 1.60. The van der Waals surface area contributed by atoms with E-state index in [1.807, 2.05) is 14.0 Å². The van der Waals surface area contributed by atoms with Gasteiger partial charge in [-0.1, -0.05) is 20.8 Å². The molecule has 1 amide bonds. The molecule has 1 heterocycles. The van der Waals surface area contributed by atoms with Crippen LogP contribution in [0, 0.1) is 5.92 Å². The van der Waals surface area contributed by atoms with Gasteiger partial charge in [-0.05, 0) is 13.0 Å². The summed E-state index contributed by atoms with van der Waals surface area (Å²) in [6.07, 6.45) is 0. The quantitative estimate of drug-likeness (QED) is 0.844. The average Bonchev–Trinajstić information content (AvgIpc) is 2.75. The fourth-order valence-corrected chi connectivity index (χ4v) is 2.30. The van der Waals surface area contributed by atoms with Crippen molar-refractivity contribution in [3.8, 4) is 0 Å². The number of hydrogen-bond acceptors (Lipinski definition) is 4. The second-order valence-corrected chi connectivity index (χ2v) is 5.44. The lowest BCUT2D eigenvalue weighted by Gasteiger charge is -2.10. The van der Waals surface area contributed by atoms with Crippen LogP contribution in [0.1, 0.15) is 37.4 Å². The molecule has 0 spiro atoms. The zero-order valence-electron chi connectivity index (χ0n) is 11.7. The third-order valence-corrected chi connectivity index (χ3v) is 3.40. The fraction of sp³-hybridized carbons (Fsp3) is 0.667. The highest BCUT2D eigenvalue weighted by atomic mass is 35.5. The number of nitrogens with one attached hydrogen (secondary N) is 2. The molecular formula is C12H23Cl2N3OS. The van der Waals surface area contributed by atoms with Crippen molar-refractivity contribution in [1.29, 1.82) is 0 Å². The first kappa shape index (κ1) is 20.9. The van der Waals surface area contributed by atoms with Gasteiger partial charge in [-0.15, -0.1) is 36.2 Å². The highest BCUT2D eigenvalue weighted by Gasteiger charge is 2.12. The minimum absolute atomic E-state index is 0. The molecule has 1 aromatic rings. The Morgan fingerprint density at radius 3 is 2.47 bits per heavy atom. The summed E-state index contributed by atoms with van der Waals surface area (Å²) in [4.78, 5) is 16.1. The van der Waals surface area contributed by atoms with Crippen molar-refractivity contribution in [2.75, 3.05) is 13.6 Å². The molecule has 7 heteroatoms. The Morgan fingerprint density at radius 2 is 2.00 bits per heavy atom. The van der Waals surface area contributed by atoms with Crippen LogP contribution in [-0.4, -0.2) is 24.5 Å². The first-order valence-electron chi connectivity index (χ1n) is 5.91. The Labute approximate surface area is 131 Å². The number of carbonyl (C=O) groups excluding carboxylic acids is 1. The molecule has 1 aromatic heterocycles. The Kier molecular flexibility index (Phi) is 11.5. The number of rotatable bonds is 6. The van der Waals surface area contributed by atoms with E-state index in [1.165, 1.54) is 0 Å². The van der Waals surface area contributed by atoms with Gasteiger partial charge < -0.3 is 10.6 Å². The van der Waals surface area contributed by atoms with E-state index in [2.05, 4.69) is 34.8 Å². The summed E-state index contributed by atoms with van der Waals surface area (Å²) in [5, 5.41) is 8.93. The number of carbonyl (C=O) groups is 1. The smallest absolute Gasteiger partial charge is 0.224 e. The Hall–Kier alpha value is -0.360. The van der Waals surface area contributed by atoms with Gasteiger partial charge in [0.05, 0.1) is 12.2 Å². The van der Waals surface area contributed by atoms with E-state index in [4.69, 9.17) is 0 Å². The molecule has 1 rings (SSSR count). The van der Waals surface area contributed by atoms with Crippen molar-refractivity contribution in [2.45, 2.75) is 33.2 Å². The molecule has 0 aliphatic carbocycles. The summed E-state index contributed by atoms with van der Waals surface area (Å²) in [6.45, 7) is 7.37. The van der Waals surface area contributed by atoms with Gasteiger partial charge in [0.1, 0.15) is 5.01 Å². The first-order chi connectivity index (χ1) is 8.04. The molecule has 112 valence electrons. The van der Waals surface area contributed by atoms with Crippen molar-refractivity contribution >= 4 is 42.1 Å². The second-order valence-electron chi connectivity index (χ2n) is 4.50. The van der Waals surface area contributed by atoms with Crippen LogP contribution in [0.2, 0.25) is 0 Å². The van der Waals surface area contributed by atoms with Gasteiger partial charge in [0.15, 0.2) is 0 Å². The Bertz CT molecular complexity index is 372. The van der Waals surface area contributed by atoms with E-state index in [-0.39, 0.29) is 36.6 Å². The number of thiazole rings is 1. The van der Waals surface area contributed by atoms with E-state index >= 15 is 0 Å². The normalized spacial score (nSPS) is 11.4. The minimum atomic E-state index is -0.00969. The number of nitrogens with zero attached hydrogens (tertiary/aromatic N) is 1. The Balaban J connectivity index is 0. The lowest BCUT2D eigenvalue weighted by Crippen LogP contribution is -2.33. The molecule has 0 aliphatic rings. The van der Waals surface area contributed by atoms with E-state index in [0.29, 0.717) is 19.0 Å². The van der Waals surface area contributed by atoms with Gasteiger partial charge in [-0.2, -0.15) is 0 Å². The predicted octanol–water partition coefficient (Wildman–Crippen LogP) is 2.58. The standard InChI is InChI=1S/C12H21N3OS.2ClH/c1-8(2)10-7-17-11(15-10)6-14-12(16)9(3)5-13-4;;/h7-9,13H,5-6H2,1-4H3,(H,14,16);2*1H. The maximum absolute atomic E-state index is 11.7. The molecule has 0 aliphatic heterocycles. The van der Waals surface area contributed by atoms with Gasteiger partial charge in [-0.25, -0.2) is 4.98 Å². The van der Waals surface area contributed by atoms with Crippen LogP contribution in [0.4, 0.5) is 0 Å². The van der Waals surface area contributed by atoms with Crippen molar-refractivity contribution in [1.82, 2.24) is 15.6 Å². The van der Waals surface area contributed by atoms with Gasteiger partial charge in [0.2, 0.25) is 5.91 Å². The van der Waals surface area contributed by atoms with Crippen LogP contribution in [0.25, 0.3) is 0 Å². The van der Waals surface area contributed by atoms with E-state index in [0.717, 1.165) is 10.7 Å². The van der Waals surface area contributed by atoms with E-state index < -0.39 is 0 Å². The maximum Gasteiger partial charge on any atom is 0.224 e. The van der Waals surface area contributed by atoms with Crippen LogP contribution in [0.5, 0.6) is 0 Å². The van der Waals surface area contributed by atoms with Crippen molar-refractivity contribution in [3.63, 3.8) is 0 Å². The third-order valence-electron chi connectivity index (χ3n) is 2.53. The van der Waals surface area contributed by atoms with Crippen molar-refractivity contribution < 1.29 is 4.79 Å². The van der Waals surface area contributed by atoms with Crippen molar-refractivity contribution in [3.05, 3.63) is 16.1 Å². The summed E-state index contributed by atoms with van der Waals surface area (Å²) in [5.41, 5.74) is 1.10. The van der Waals surface area contributed by atoms with E-state index in [9.17, 15) is 4.79 Å². The topological polar surface area (TPSA) is 54.0 Å². The molecule has 0 aromatic carbocycles. The highest BCUT2D eigenvalue weighted by molar-refractivity contribution is 7.09. The minimum Gasteiger partial charge on any atom is -0.349 e. The van der Waals surface area contributed by atoms with Crippen LogP contribution >= 0.6 is 36.2 Å². The summed E-state index contributed by atoms with van der Waals surface area (Å²) in [5.74, 6) is 0.504. The molecular weight excluding hydrogens is 305 g/mol. The molecule has 19 heavy (non-hydrogen) atoms. The largest absolute Gasteiger partial charge is 0.349 e. The molecule has 2 N–H and O–H groups in total. The van der Waals surface area contributed by atoms with Gasteiger partial charge >= 0.3 is 0 Å². The van der Waals surface area contributed by atoms with E-state index in [1.54, 1.807) is 11.3 Å². The fourth-order valence-electron chi connectivity index (χ4n) is 1.41. The predicted molar refractivity (Wildman–Crippen MR) is 85.6 cm³/mol. The Morgan fingerprint density at radius 1 is 1.37 bits per heavy atom. The molecule has 0 bridgehead atoms. The lowest BCUT2D eigenvalue weighted by molar-refractivity contribution is -0.124. The second kappa shape index (κ2) is 10.4. The molecule has 0 radical (unpaired) electrons. The molecule has 0 fully saturated rings. The SMILES string of the molecule is CNCC(C)C(=O)NCc1nc(C(C)C)cs1.Cl.Cl. The zero-order chi connectivity index (χ0) is 12.8. The van der Waals surface area contributed by atoms with Gasteiger partial charge in [0.25, 0.3) is 0 Å². The monoisotopic (exact) mass is 327 g/mol. The van der Waals surface area contributed by atoms with Crippen molar-refractivity contribution in [2.24, 2.45) is 5.92 Å². The number of aromatic nitrogens is 1. The van der Waals surface area contributed by atoms with Crippen LogP contribution in [-0.2, 0) is 11.3 Å². The summed E-state index contributed by atoms with van der Waals surface area (Å²) < 4.78 is 0. The maximum atomic E-state index is 11.7. The van der Waals surface area contributed by atoms with Crippen LogP contribution < -0.4 is 10.6 Å². The number of halogens is 2. The van der Waals surface area contributed by atoms with Crippen LogP contribution in [0.3, 0.4) is 0 Å². The van der Waals surface area contributed by atoms with Gasteiger partial charge in [0, 0.05) is 17.8 Å². The molecule has 1 unspecified atom stereocenters. The first-order valence-corrected chi connectivity index (χ1v) is 6.79. The number of hydrogen-bond donors (Lipinski definition) is 2. The third kappa shape index (κ3) is 7.11. The summed E-state index contributed by atoms with van der Waals surface area (Å²) in [6, 6.07) is 0. The summed E-state index contributed by atoms with van der Waals surface area (Å²) in [7, 11) is 1.85. The number of amides is 1. The average molecular weight is 328 g/mol. The highest BCUT2D eigenvalue weighted by Crippen LogP contribution is 2.17. The molecule has 0 saturated carbocycles. The van der Waals surface area contributed by atoms with Gasteiger partial charge in [-0.3, -0.25) is 4.79 Å². The van der Waals surface area contributed by atoms with Crippen LogP contribution in [0.15, 0.2) is 5.38 Å². The zero-order valence-corrected chi connectivity index (χ0v) is 14.2. The lowest BCUT2D eigenvalue weighted by atomic mass is 10.1. The molecule has 0 saturated heterocycles. The molecule has 4 nitrogen and oxygen atoms in total. The molecule has 1 atom stereocenters.